The highest BCUT2D eigenvalue weighted by Gasteiger charge is 2.23. The van der Waals surface area contributed by atoms with E-state index >= 15 is 0 Å². The van der Waals surface area contributed by atoms with Crippen LogP contribution in [-0.4, -0.2) is 10.7 Å². The molecule has 0 aliphatic carbocycles. The standard InChI is InChI=1S/C14H21ClO/c1-10(2)8-14(4,16)9-12-6-5-11(3)7-13(12)15/h5-7,10,16H,8-9H2,1-4H3. The summed E-state index contributed by atoms with van der Waals surface area (Å²) in [6.07, 6.45) is 1.40. The van der Waals surface area contributed by atoms with Crippen LogP contribution < -0.4 is 0 Å². The number of hydrogen-bond acceptors (Lipinski definition) is 1. The zero-order valence-corrected chi connectivity index (χ0v) is 11.3. The van der Waals surface area contributed by atoms with Gasteiger partial charge in [-0.15, -0.1) is 0 Å². The third kappa shape index (κ3) is 4.15. The molecule has 0 bridgehead atoms. The van der Waals surface area contributed by atoms with Crippen LogP contribution in [0.4, 0.5) is 0 Å². The predicted octanol–water partition coefficient (Wildman–Crippen LogP) is 3.99. The molecule has 1 N–H and O–H groups in total. The lowest BCUT2D eigenvalue weighted by molar-refractivity contribution is 0.0388. The second-order valence-corrected chi connectivity index (χ2v) is 5.77. The fourth-order valence-corrected chi connectivity index (χ4v) is 2.46. The normalized spacial score (nSPS) is 15.2. The topological polar surface area (TPSA) is 20.2 Å². The molecule has 1 atom stereocenters. The van der Waals surface area contributed by atoms with Crippen molar-refractivity contribution in [2.75, 3.05) is 0 Å². The van der Waals surface area contributed by atoms with Gasteiger partial charge in [0.05, 0.1) is 5.60 Å². The van der Waals surface area contributed by atoms with Crippen LogP contribution in [0.1, 0.15) is 38.3 Å². The second kappa shape index (κ2) is 5.20. The van der Waals surface area contributed by atoms with Crippen molar-refractivity contribution in [1.29, 1.82) is 0 Å². The Balaban J connectivity index is 2.79. The van der Waals surface area contributed by atoms with Gasteiger partial charge in [0, 0.05) is 11.4 Å². The van der Waals surface area contributed by atoms with E-state index in [0.717, 1.165) is 22.6 Å². The molecule has 0 aliphatic rings. The Morgan fingerprint density at radius 2 is 2.00 bits per heavy atom. The van der Waals surface area contributed by atoms with E-state index in [1.807, 2.05) is 32.0 Å². The maximum Gasteiger partial charge on any atom is 0.0662 e. The summed E-state index contributed by atoms with van der Waals surface area (Å²) in [4.78, 5) is 0. The van der Waals surface area contributed by atoms with Crippen LogP contribution in [0, 0.1) is 12.8 Å². The predicted molar refractivity (Wildman–Crippen MR) is 70.0 cm³/mol. The Hall–Kier alpha value is -0.530. The van der Waals surface area contributed by atoms with Crippen LogP contribution in [-0.2, 0) is 6.42 Å². The molecule has 1 unspecified atom stereocenters. The molecule has 90 valence electrons. The highest BCUT2D eigenvalue weighted by Crippen LogP contribution is 2.26. The van der Waals surface area contributed by atoms with Crippen LogP contribution in [0.3, 0.4) is 0 Å². The first-order chi connectivity index (χ1) is 7.30. The molecule has 0 heterocycles. The molecule has 0 fully saturated rings. The van der Waals surface area contributed by atoms with Crippen LogP contribution in [0.2, 0.25) is 5.02 Å². The third-order valence-electron chi connectivity index (χ3n) is 2.63. The monoisotopic (exact) mass is 240 g/mol. The van der Waals surface area contributed by atoms with Gasteiger partial charge in [-0.25, -0.2) is 0 Å². The molecular formula is C14H21ClO. The van der Waals surface area contributed by atoms with Gasteiger partial charge in [0.15, 0.2) is 0 Å². The van der Waals surface area contributed by atoms with E-state index < -0.39 is 5.60 Å². The van der Waals surface area contributed by atoms with Crippen molar-refractivity contribution in [2.45, 2.75) is 46.1 Å². The van der Waals surface area contributed by atoms with Gasteiger partial charge < -0.3 is 5.11 Å². The molecule has 0 radical (unpaired) electrons. The fraction of sp³-hybridized carbons (Fsp3) is 0.571. The number of halogens is 1. The Bertz CT molecular complexity index is 356. The summed E-state index contributed by atoms with van der Waals surface area (Å²) < 4.78 is 0. The number of aryl methyl sites for hydroxylation is 1. The van der Waals surface area contributed by atoms with Crippen LogP contribution in [0.15, 0.2) is 18.2 Å². The summed E-state index contributed by atoms with van der Waals surface area (Å²) >= 11 is 6.16. The molecule has 1 aromatic rings. The van der Waals surface area contributed by atoms with E-state index in [1.54, 1.807) is 0 Å². The minimum Gasteiger partial charge on any atom is -0.390 e. The van der Waals surface area contributed by atoms with Crippen molar-refractivity contribution in [3.63, 3.8) is 0 Å². The molecule has 1 nitrogen and oxygen atoms in total. The van der Waals surface area contributed by atoms with Gasteiger partial charge in [0.25, 0.3) is 0 Å². The van der Waals surface area contributed by atoms with Crippen molar-refractivity contribution in [1.82, 2.24) is 0 Å². The van der Waals surface area contributed by atoms with Gasteiger partial charge in [-0.05, 0) is 43.4 Å². The highest BCUT2D eigenvalue weighted by molar-refractivity contribution is 6.31. The highest BCUT2D eigenvalue weighted by atomic mass is 35.5. The van der Waals surface area contributed by atoms with Gasteiger partial charge in [0.2, 0.25) is 0 Å². The zero-order valence-electron chi connectivity index (χ0n) is 10.5. The lowest BCUT2D eigenvalue weighted by Crippen LogP contribution is -2.29. The Morgan fingerprint density at radius 3 is 2.50 bits per heavy atom. The molecule has 0 aromatic heterocycles. The Kier molecular flexibility index (Phi) is 4.40. The molecule has 0 saturated carbocycles. The number of aliphatic hydroxyl groups is 1. The first kappa shape index (κ1) is 13.5. The molecular weight excluding hydrogens is 220 g/mol. The molecule has 0 spiro atoms. The summed E-state index contributed by atoms with van der Waals surface area (Å²) in [5, 5.41) is 11.0. The smallest absolute Gasteiger partial charge is 0.0662 e. The van der Waals surface area contributed by atoms with E-state index in [0.29, 0.717) is 12.3 Å². The van der Waals surface area contributed by atoms with Gasteiger partial charge in [-0.3, -0.25) is 0 Å². The maximum atomic E-state index is 10.3. The Labute approximate surface area is 103 Å². The molecule has 0 saturated heterocycles. The quantitative estimate of drug-likeness (QED) is 0.844. The molecule has 1 rings (SSSR count). The summed E-state index contributed by atoms with van der Waals surface area (Å²) in [5.74, 6) is 0.485. The first-order valence-corrected chi connectivity index (χ1v) is 6.15. The Morgan fingerprint density at radius 1 is 1.38 bits per heavy atom. The van der Waals surface area contributed by atoms with Gasteiger partial charge >= 0.3 is 0 Å². The fourth-order valence-electron chi connectivity index (χ4n) is 2.16. The van der Waals surface area contributed by atoms with E-state index in [-0.39, 0.29) is 0 Å². The molecule has 16 heavy (non-hydrogen) atoms. The number of hydrogen-bond donors (Lipinski definition) is 1. The lowest BCUT2D eigenvalue weighted by Gasteiger charge is -2.26. The zero-order chi connectivity index (χ0) is 12.3. The molecule has 0 amide bonds. The average Bonchev–Trinajstić information content (AvgIpc) is 2.07. The van der Waals surface area contributed by atoms with Crippen molar-refractivity contribution >= 4 is 11.6 Å². The molecule has 0 aliphatic heterocycles. The van der Waals surface area contributed by atoms with Crippen molar-refractivity contribution < 1.29 is 5.11 Å². The maximum absolute atomic E-state index is 10.3. The van der Waals surface area contributed by atoms with Crippen LogP contribution in [0.25, 0.3) is 0 Å². The van der Waals surface area contributed by atoms with Gasteiger partial charge in [-0.2, -0.15) is 0 Å². The van der Waals surface area contributed by atoms with E-state index in [2.05, 4.69) is 13.8 Å². The molecule has 2 heteroatoms. The van der Waals surface area contributed by atoms with E-state index in [9.17, 15) is 5.11 Å². The number of rotatable bonds is 4. The van der Waals surface area contributed by atoms with Crippen LogP contribution in [0.5, 0.6) is 0 Å². The summed E-state index contributed by atoms with van der Waals surface area (Å²) in [5.41, 5.74) is 1.50. The van der Waals surface area contributed by atoms with Crippen molar-refractivity contribution in [3.8, 4) is 0 Å². The van der Waals surface area contributed by atoms with E-state index in [1.165, 1.54) is 0 Å². The largest absolute Gasteiger partial charge is 0.390 e. The summed E-state index contributed by atoms with van der Waals surface area (Å²) in [7, 11) is 0. The SMILES string of the molecule is Cc1ccc(CC(C)(O)CC(C)C)c(Cl)c1. The van der Waals surface area contributed by atoms with Crippen LogP contribution >= 0.6 is 11.6 Å². The minimum atomic E-state index is -0.674. The molecule has 1 aromatic carbocycles. The summed E-state index contributed by atoms with van der Waals surface area (Å²) in [6.45, 7) is 8.13. The third-order valence-corrected chi connectivity index (χ3v) is 2.98. The number of benzene rings is 1. The lowest BCUT2D eigenvalue weighted by atomic mass is 9.88. The van der Waals surface area contributed by atoms with Crippen molar-refractivity contribution in [3.05, 3.63) is 34.3 Å². The summed E-state index contributed by atoms with van der Waals surface area (Å²) in [6, 6.07) is 5.99. The van der Waals surface area contributed by atoms with E-state index in [4.69, 9.17) is 11.6 Å². The van der Waals surface area contributed by atoms with Gasteiger partial charge in [0.1, 0.15) is 0 Å². The van der Waals surface area contributed by atoms with Gasteiger partial charge in [-0.1, -0.05) is 37.6 Å². The second-order valence-electron chi connectivity index (χ2n) is 5.37. The van der Waals surface area contributed by atoms with Crippen molar-refractivity contribution in [2.24, 2.45) is 5.92 Å². The first-order valence-electron chi connectivity index (χ1n) is 5.77. The minimum absolute atomic E-state index is 0.485. The average molecular weight is 241 g/mol.